The van der Waals surface area contributed by atoms with Gasteiger partial charge in [0.15, 0.2) is 9.84 Å². The van der Waals surface area contributed by atoms with Crippen LogP contribution < -0.4 is 11.5 Å². The molecule has 1 aromatic heterocycles. The predicted octanol–water partition coefficient (Wildman–Crippen LogP) is 1.97. The van der Waals surface area contributed by atoms with E-state index in [9.17, 15) is 16.8 Å². The first-order valence-corrected chi connectivity index (χ1v) is 11.2. The van der Waals surface area contributed by atoms with Crippen molar-refractivity contribution in [2.24, 2.45) is 11.5 Å². The van der Waals surface area contributed by atoms with E-state index < -0.39 is 24.9 Å². The summed E-state index contributed by atoms with van der Waals surface area (Å²) in [5, 5.41) is -0.677. The summed E-state index contributed by atoms with van der Waals surface area (Å²) >= 11 is 1.11. The van der Waals surface area contributed by atoms with Gasteiger partial charge in [0.05, 0.1) is 15.0 Å². The van der Waals surface area contributed by atoms with Crippen molar-refractivity contribution in [2.45, 2.75) is 39.1 Å². The lowest BCUT2D eigenvalue weighted by Crippen LogP contribution is -2.29. The van der Waals surface area contributed by atoms with E-state index in [1.165, 1.54) is 30.3 Å². The SMILES string of the molecule is CCC(CN)S(=O)(=O)c1ccc(S(=O)(=O)c2ccc(CN)s2)cc1.Cl. The summed E-state index contributed by atoms with van der Waals surface area (Å²) in [6.07, 6.45) is 0.399. The molecule has 0 aliphatic carbocycles. The molecule has 2 aromatic rings. The van der Waals surface area contributed by atoms with Crippen LogP contribution in [-0.4, -0.2) is 28.6 Å². The van der Waals surface area contributed by atoms with Gasteiger partial charge in [-0.25, -0.2) is 16.8 Å². The van der Waals surface area contributed by atoms with Crippen LogP contribution in [0.1, 0.15) is 18.2 Å². The average molecular weight is 425 g/mol. The third kappa shape index (κ3) is 4.42. The molecular weight excluding hydrogens is 404 g/mol. The number of nitrogens with two attached hydrogens (primary N) is 2. The van der Waals surface area contributed by atoms with Gasteiger partial charge in [-0.15, -0.1) is 23.7 Å². The summed E-state index contributed by atoms with van der Waals surface area (Å²) in [5.74, 6) is 0. The second-order valence-electron chi connectivity index (χ2n) is 5.21. The molecule has 0 radical (unpaired) electrons. The first-order chi connectivity index (χ1) is 11.3. The number of sulfone groups is 2. The van der Waals surface area contributed by atoms with Crippen molar-refractivity contribution >= 4 is 43.4 Å². The van der Waals surface area contributed by atoms with Gasteiger partial charge in [0, 0.05) is 18.0 Å². The summed E-state index contributed by atoms with van der Waals surface area (Å²) in [4.78, 5) is 0.891. The molecule has 1 heterocycles. The molecule has 0 fully saturated rings. The van der Waals surface area contributed by atoms with E-state index in [1.54, 1.807) is 13.0 Å². The smallest absolute Gasteiger partial charge is 0.215 e. The summed E-state index contributed by atoms with van der Waals surface area (Å²) in [6.45, 7) is 2.05. The van der Waals surface area contributed by atoms with Crippen molar-refractivity contribution in [1.82, 2.24) is 0 Å². The lowest BCUT2D eigenvalue weighted by Gasteiger charge is -2.14. The van der Waals surface area contributed by atoms with Crippen LogP contribution in [-0.2, 0) is 26.2 Å². The summed E-state index contributed by atoms with van der Waals surface area (Å²) in [7, 11) is -7.24. The maximum absolute atomic E-state index is 12.6. The Bertz CT molecular complexity index is 903. The van der Waals surface area contributed by atoms with Gasteiger partial charge in [-0.3, -0.25) is 0 Å². The standard InChI is InChI=1S/C15H20N2O4S3.ClH/c1-2-12(10-17)23(18,19)13-4-6-14(7-5-13)24(20,21)15-8-3-11(9-16)22-15;/h3-8,12H,2,9-10,16-17H2,1H3;1H. The molecule has 0 aliphatic rings. The molecule has 0 spiro atoms. The van der Waals surface area contributed by atoms with Crippen LogP contribution >= 0.6 is 23.7 Å². The highest BCUT2D eigenvalue weighted by Crippen LogP contribution is 2.29. The van der Waals surface area contributed by atoms with Crippen molar-refractivity contribution in [3.63, 3.8) is 0 Å². The lowest BCUT2D eigenvalue weighted by molar-refractivity contribution is 0.575. The third-order valence-electron chi connectivity index (χ3n) is 3.72. The zero-order valence-electron chi connectivity index (χ0n) is 13.6. The maximum atomic E-state index is 12.6. The number of benzene rings is 1. The number of halogens is 1. The van der Waals surface area contributed by atoms with Crippen molar-refractivity contribution in [3.8, 4) is 0 Å². The number of hydrogen-bond acceptors (Lipinski definition) is 7. The van der Waals surface area contributed by atoms with Gasteiger partial charge in [-0.1, -0.05) is 6.92 Å². The quantitative estimate of drug-likeness (QED) is 0.700. The van der Waals surface area contributed by atoms with Crippen LogP contribution in [0.15, 0.2) is 50.4 Å². The van der Waals surface area contributed by atoms with Gasteiger partial charge in [-0.2, -0.15) is 0 Å². The second-order valence-corrected chi connectivity index (χ2v) is 10.8. The van der Waals surface area contributed by atoms with Gasteiger partial charge >= 0.3 is 0 Å². The molecule has 25 heavy (non-hydrogen) atoms. The van der Waals surface area contributed by atoms with E-state index in [0.29, 0.717) is 6.42 Å². The Morgan fingerprint density at radius 1 is 0.960 bits per heavy atom. The molecule has 1 aromatic carbocycles. The van der Waals surface area contributed by atoms with Crippen LogP contribution in [0.25, 0.3) is 0 Å². The minimum Gasteiger partial charge on any atom is -0.329 e. The molecule has 6 nitrogen and oxygen atoms in total. The molecule has 0 aliphatic heterocycles. The summed E-state index contributed by atoms with van der Waals surface area (Å²) in [5.41, 5.74) is 11.0. The van der Waals surface area contributed by atoms with Gasteiger partial charge in [-0.05, 0) is 42.8 Å². The van der Waals surface area contributed by atoms with Gasteiger partial charge in [0.25, 0.3) is 0 Å². The topological polar surface area (TPSA) is 120 Å². The Kier molecular flexibility index (Phi) is 7.60. The van der Waals surface area contributed by atoms with E-state index in [4.69, 9.17) is 11.5 Å². The van der Waals surface area contributed by atoms with Crippen LogP contribution in [0.4, 0.5) is 0 Å². The molecule has 1 atom stereocenters. The summed E-state index contributed by atoms with van der Waals surface area (Å²) < 4.78 is 50.2. The van der Waals surface area contributed by atoms with Gasteiger partial charge in [0.1, 0.15) is 4.21 Å². The molecule has 2 rings (SSSR count). The first-order valence-electron chi connectivity index (χ1n) is 7.35. The Balaban J connectivity index is 0.00000312. The van der Waals surface area contributed by atoms with Crippen molar-refractivity contribution in [2.75, 3.05) is 6.54 Å². The fourth-order valence-electron chi connectivity index (χ4n) is 2.24. The molecule has 0 saturated heterocycles. The van der Waals surface area contributed by atoms with Crippen LogP contribution in [0, 0.1) is 0 Å². The van der Waals surface area contributed by atoms with Crippen molar-refractivity contribution in [3.05, 3.63) is 41.3 Å². The van der Waals surface area contributed by atoms with E-state index in [0.717, 1.165) is 16.2 Å². The monoisotopic (exact) mass is 424 g/mol. The molecule has 0 bridgehead atoms. The Morgan fingerprint density at radius 3 is 1.96 bits per heavy atom. The summed E-state index contributed by atoms with van der Waals surface area (Å²) in [6, 6.07) is 8.44. The fraction of sp³-hybridized carbons (Fsp3) is 0.333. The molecule has 0 amide bonds. The molecule has 1 unspecified atom stereocenters. The predicted molar refractivity (Wildman–Crippen MR) is 102 cm³/mol. The normalized spacial score (nSPS) is 13.2. The van der Waals surface area contributed by atoms with Crippen molar-refractivity contribution < 1.29 is 16.8 Å². The number of rotatable bonds is 7. The Morgan fingerprint density at radius 2 is 1.52 bits per heavy atom. The van der Waals surface area contributed by atoms with E-state index in [1.807, 2.05) is 0 Å². The molecule has 0 saturated carbocycles. The van der Waals surface area contributed by atoms with E-state index in [-0.39, 0.29) is 39.5 Å². The highest BCUT2D eigenvalue weighted by molar-refractivity contribution is 7.93. The van der Waals surface area contributed by atoms with Gasteiger partial charge in [0.2, 0.25) is 9.84 Å². The van der Waals surface area contributed by atoms with E-state index >= 15 is 0 Å². The number of hydrogen-bond donors (Lipinski definition) is 2. The first kappa shape index (κ1) is 22.1. The average Bonchev–Trinajstić information content (AvgIpc) is 3.06. The number of thiophene rings is 1. The highest BCUT2D eigenvalue weighted by Gasteiger charge is 2.26. The fourth-order valence-corrected chi connectivity index (χ4v) is 6.47. The zero-order valence-corrected chi connectivity index (χ0v) is 16.8. The molecule has 4 N–H and O–H groups in total. The minimum absolute atomic E-state index is 0. The molecule has 140 valence electrons. The minimum atomic E-state index is -3.68. The van der Waals surface area contributed by atoms with Crippen LogP contribution in [0.3, 0.4) is 0 Å². The second kappa shape index (κ2) is 8.61. The van der Waals surface area contributed by atoms with Gasteiger partial charge < -0.3 is 11.5 Å². The zero-order chi connectivity index (χ0) is 18.0. The maximum Gasteiger partial charge on any atom is 0.215 e. The van der Waals surface area contributed by atoms with Crippen LogP contribution in [0.5, 0.6) is 0 Å². The Labute approximate surface area is 158 Å². The van der Waals surface area contributed by atoms with Crippen LogP contribution in [0.2, 0.25) is 0 Å². The van der Waals surface area contributed by atoms with E-state index in [2.05, 4.69) is 0 Å². The van der Waals surface area contributed by atoms with Crippen molar-refractivity contribution in [1.29, 1.82) is 0 Å². The molecule has 10 heteroatoms. The lowest BCUT2D eigenvalue weighted by atomic mass is 10.3. The Hall–Kier alpha value is -0.970. The largest absolute Gasteiger partial charge is 0.329 e. The highest BCUT2D eigenvalue weighted by atomic mass is 35.5. The molecular formula is C15H21ClN2O4S3. The third-order valence-corrected chi connectivity index (χ3v) is 9.42.